The van der Waals surface area contributed by atoms with Crippen molar-refractivity contribution in [1.82, 2.24) is 10.2 Å². The molecule has 2 rings (SSSR count). The minimum atomic E-state index is -0.272. The Morgan fingerprint density at radius 2 is 1.78 bits per heavy atom. The summed E-state index contributed by atoms with van der Waals surface area (Å²) in [7, 11) is 0. The van der Waals surface area contributed by atoms with Gasteiger partial charge in [0.05, 0.1) is 0 Å². The highest BCUT2D eigenvalue weighted by atomic mass is 16.2. The van der Waals surface area contributed by atoms with Crippen molar-refractivity contribution in [1.29, 1.82) is 0 Å². The van der Waals surface area contributed by atoms with Crippen LogP contribution in [0.5, 0.6) is 0 Å². The number of nitrogens with zero attached hydrogens (tertiary/aromatic N) is 1. The quantitative estimate of drug-likeness (QED) is 0.837. The van der Waals surface area contributed by atoms with Crippen LogP contribution in [-0.4, -0.2) is 36.5 Å². The Morgan fingerprint density at radius 1 is 1.17 bits per heavy atom. The largest absolute Gasteiger partial charge is 0.336 e. The zero-order chi connectivity index (χ0) is 17.0. The van der Waals surface area contributed by atoms with Crippen LogP contribution in [0.25, 0.3) is 0 Å². The minimum Gasteiger partial charge on any atom is -0.336 e. The van der Waals surface area contributed by atoms with Crippen LogP contribution in [0.3, 0.4) is 0 Å². The number of amides is 3. The van der Waals surface area contributed by atoms with Crippen LogP contribution in [0.15, 0.2) is 24.3 Å². The van der Waals surface area contributed by atoms with Crippen molar-refractivity contribution >= 4 is 11.9 Å². The Kier molecular flexibility index (Phi) is 5.77. The summed E-state index contributed by atoms with van der Waals surface area (Å²) in [5.41, 5.74) is 2.55. The molecule has 0 aromatic heterocycles. The van der Waals surface area contributed by atoms with Gasteiger partial charge in [0.15, 0.2) is 6.54 Å². The molecule has 5 nitrogen and oxygen atoms in total. The second kappa shape index (κ2) is 7.59. The summed E-state index contributed by atoms with van der Waals surface area (Å²) in [6.07, 6.45) is 0. The lowest BCUT2D eigenvalue weighted by Crippen LogP contribution is -2.88. The number of rotatable bonds is 6. The third-order valence-corrected chi connectivity index (χ3v) is 4.41. The summed E-state index contributed by atoms with van der Waals surface area (Å²) in [6.45, 7) is 9.99. The normalized spacial score (nSPS) is 16.1. The molecule has 1 heterocycles. The molecular formula is C18H28N3O2+. The number of hydrogen-bond donors (Lipinski definition) is 2. The van der Waals surface area contributed by atoms with Gasteiger partial charge >= 0.3 is 6.03 Å². The first-order chi connectivity index (χ1) is 10.9. The molecule has 1 atom stereocenters. The fraction of sp³-hybridized carbons (Fsp3) is 0.556. The maximum absolute atomic E-state index is 12.2. The zero-order valence-electron chi connectivity index (χ0n) is 14.5. The second-order valence-electron chi connectivity index (χ2n) is 6.81. The van der Waals surface area contributed by atoms with Crippen molar-refractivity contribution in [2.75, 3.05) is 19.6 Å². The first-order valence-corrected chi connectivity index (χ1v) is 8.41. The van der Waals surface area contributed by atoms with Crippen molar-refractivity contribution in [3.63, 3.8) is 0 Å². The zero-order valence-corrected chi connectivity index (χ0v) is 14.5. The molecule has 126 valence electrons. The van der Waals surface area contributed by atoms with E-state index >= 15 is 0 Å². The highest BCUT2D eigenvalue weighted by Gasteiger charge is 2.28. The fourth-order valence-corrected chi connectivity index (χ4v) is 2.94. The summed E-state index contributed by atoms with van der Waals surface area (Å²) in [4.78, 5) is 25.0. The van der Waals surface area contributed by atoms with E-state index in [2.05, 4.69) is 57.3 Å². The number of nitrogens with one attached hydrogen (secondary N) is 1. The van der Waals surface area contributed by atoms with E-state index < -0.39 is 0 Å². The maximum atomic E-state index is 12.2. The molecule has 1 saturated heterocycles. The molecule has 23 heavy (non-hydrogen) atoms. The van der Waals surface area contributed by atoms with E-state index in [4.69, 9.17) is 0 Å². The molecule has 0 aliphatic carbocycles. The van der Waals surface area contributed by atoms with Crippen LogP contribution in [0.1, 0.15) is 50.8 Å². The Morgan fingerprint density at radius 3 is 2.26 bits per heavy atom. The lowest BCUT2D eigenvalue weighted by Gasteiger charge is -2.21. The number of carbonyl (C=O) groups is 2. The molecule has 1 aliphatic heterocycles. The summed E-state index contributed by atoms with van der Waals surface area (Å²) < 4.78 is 0. The van der Waals surface area contributed by atoms with Crippen LogP contribution >= 0.6 is 0 Å². The van der Waals surface area contributed by atoms with Crippen LogP contribution in [0.2, 0.25) is 0 Å². The second-order valence-corrected chi connectivity index (χ2v) is 6.81. The summed E-state index contributed by atoms with van der Waals surface area (Å²) >= 11 is 0. The van der Waals surface area contributed by atoms with E-state index in [1.807, 2.05) is 5.32 Å². The minimum absolute atomic E-state index is 0.121. The highest BCUT2D eigenvalue weighted by Crippen LogP contribution is 2.21. The van der Waals surface area contributed by atoms with E-state index in [0.29, 0.717) is 31.5 Å². The smallest absolute Gasteiger partial charge is 0.324 e. The topological polar surface area (TPSA) is 66.0 Å². The molecule has 1 aromatic rings. The number of urea groups is 1. The van der Waals surface area contributed by atoms with Gasteiger partial charge < -0.3 is 10.6 Å². The van der Waals surface area contributed by atoms with Gasteiger partial charge in [-0.05, 0) is 11.5 Å². The van der Waals surface area contributed by atoms with E-state index in [0.717, 1.165) is 0 Å². The monoisotopic (exact) mass is 318 g/mol. The fourth-order valence-electron chi connectivity index (χ4n) is 2.94. The summed E-state index contributed by atoms with van der Waals surface area (Å²) in [6, 6.07) is 8.59. The average Bonchev–Trinajstić information content (AvgIpc) is 2.93. The number of benzene rings is 1. The van der Waals surface area contributed by atoms with Crippen molar-refractivity contribution in [3.05, 3.63) is 35.4 Å². The molecule has 0 spiro atoms. The van der Waals surface area contributed by atoms with Crippen LogP contribution in [-0.2, 0) is 4.79 Å². The molecule has 1 aromatic carbocycles. The molecule has 3 amide bonds. The Bertz CT molecular complexity index is 552. The van der Waals surface area contributed by atoms with Gasteiger partial charge in [0, 0.05) is 24.6 Å². The predicted molar refractivity (Wildman–Crippen MR) is 90.0 cm³/mol. The summed E-state index contributed by atoms with van der Waals surface area (Å²) in [5, 5.41) is 4.71. The molecule has 3 N–H and O–H groups in total. The van der Waals surface area contributed by atoms with Crippen LogP contribution in [0.4, 0.5) is 4.79 Å². The van der Waals surface area contributed by atoms with Gasteiger partial charge in [-0.15, -0.1) is 0 Å². The van der Waals surface area contributed by atoms with Gasteiger partial charge in [-0.2, -0.15) is 0 Å². The molecule has 0 radical (unpaired) electrons. The van der Waals surface area contributed by atoms with Crippen molar-refractivity contribution < 1.29 is 14.9 Å². The number of nitrogens with two attached hydrogens (primary N) is 1. The molecule has 1 fully saturated rings. The van der Waals surface area contributed by atoms with Gasteiger partial charge in [-0.25, -0.2) is 4.79 Å². The van der Waals surface area contributed by atoms with Gasteiger partial charge in [-0.1, -0.05) is 52.0 Å². The van der Waals surface area contributed by atoms with Gasteiger partial charge in [-0.3, -0.25) is 9.69 Å². The SMILES string of the molecule is CC(C)c1ccc([C@H]([NH2+]CC(=O)N2CCNC2=O)C(C)C)cc1. The molecule has 1 aliphatic rings. The van der Waals surface area contributed by atoms with E-state index in [9.17, 15) is 9.59 Å². The Balaban J connectivity index is 2.01. The average molecular weight is 318 g/mol. The van der Waals surface area contributed by atoms with Crippen LogP contribution in [0, 0.1) is 5.92 Å². The van der Waals surface area contributed by atoms with Crippen LogP contribution < -0.4 is 10.6 Å². The third-order valence-electron chi connectivity index (χ3n) is 4.41. The number of quaternary nitrogens is 1. The third kappa shape index (κ3) is 4.32. The molecule has 5 heteroatoms. The lowest BCUT2D eigenvalue weighted by molar-refractivity contribution is -0.692. The first-order valence-electron chi connectivity index (χ1n) is 8.41. The van der Waals surface area contributed by atoms with Gasteiger partial charge in [0.2, 0.25) is 0 Å². The maximum Gasteiger partial charge on any atom is 0.324 e. The van der Waals surface area contributed by atoms with Crippen molar-refractivity contribution in [2.45, 2.75) is 39.7 Å². The predicted octanol–water partition coefficient (Wildman–Crippen LogP) is 1.62. The van der Waals surface area contributed by atoms with Crippen molar-refractivity contribution in [3.8, 4) is 0 Å². The molecule has 0 bridgehead atoms. The summed E-state index contributed by atoms with van der Waals surface area (Å²) in [5.74, 6) is 0.797. The van der Waals surface area contributed by atoms with Crippen molar-refractivity contribution in [2.24, 2.45) is 5.92 Å². The van der Waals surface area contributed by atoms with E-state index in [1.54, 1.807) is 0 Å². The van der Waals surface area contributed by atoms with E-state index in [-0.39, 0.29) is 18.0 Å². The number of hydrogen-bond acceptors (Lipinski definition) is 2. The molecular weight excluding hydrogens is 290 g/mol. The number of carbonyl (C=O) groups excluding carboxylic acids is 2. The molecule has 0 saturated carbocycles. The first kappa shape index (κ1) is 17.5. The van der Waals surface area contributed by atoms with Gasteiger partial charge in [0.25, 0.3) is 5.91 Å². The lowest BCUT2D eigenvalue weighted by atomic mass is 9.93. The highest BCUT2D eigenvalue weighted by molar-refractivity contribution is 5.96. The molecule has 0 unspecified atom stereocenters. The Labute approximate surface area is 138 Å². The Hall–Kier alpha value is -1.88. The van der Waals surface area contributed by atoms with E-state index in [1.165, 1.54) is 16.0 Å². The number of imide groups is 1. The van der Waals surface area contributed by atoms with Gasteiger partial charge in [0.1, 0.15) is 6.04 Å². The standard InChI is InChI=1S/C18H27N3O2/c1-12(2)14-5-7-15(8-6-14)17(13(3)4)20-11-16(22)21-10-9-19-18(21)23/h5-8,12-13,17,20H,9-11H2,1-4H3,(H,19,23)/p+1/t17-/m1/s1.